The molecule has 1 aliphatic carbocycles. The van der Waals surface area contributed by atoms with E-state index in [1.807, 2.05) is 13.0 Å². The van der Waals surface area contributed by atoms with Gasteiger partial charge in [-0.2, -0.15) is 0 Å². The molecule has 0 radical (unpaired) electrons. The van der Waals surface area contributed by atoms with E-state index < -0.39 is 0 Å². The number of anilines is 1. The highest BCUT2D eigenvalue weighted by atomic mass is 15.1. The minimum atomic E-state index is 0.880. The third-order valence-corrected chi connectivity index (χ3v) is 2.98. The van der Waals surface area contributed by atoms with Crippen LogP contribution in [0.2, 0.25) is 0 Å². The lowest BCUT2D eigenvalue weighted by Gasteiger charge is -2.01. The number of aryl methyl sites for hydroxylation is 1. The van der Waals surface area contributed by atoms with Gasteiger partial charge >= 0.3 is 0 Å². The van der Waals surface area contributed by atoms with Gasteiger partial charge in [0.05, 0.1) is 5.52 Å². The largest absolute Gasteiger partial charge is 0.368 e. The molecule has 0 amide bonds. The molecule has 1 saturated carbocycles. The predicted molar refractivity (Wildman–Crippen MR) is 61.1 cm³/mol. The molecule has 1 aliphatic rings. The number of imidazole rings is 1. The molecule has 1 fully saturated rings. The number of nitrogens with one attached hydrogen (secondary N) is 1. The Kier molecular flexibility index (Phi) is 1.91. The monoisotopic (exact) mass is 201 g/mol. The second-order valence-electron chi connectivity index (χ2n) is 4.29. The molecule has 0 aromatic carbocycles. The van der Waals surface area contributed by atoms with Crippen LogP contribution in [0.3, 0.4) is 0 Å². The van der Waals surface area contributed by atoms with E-state index in [-0.39, 0.29) is 0 Å². The van der Waals surface area contributed by atoms with Crippen molar-refractivity contribution in [2.24, 2.45) is 5.92 Å². The standard InChI is InChI=1S/C12H15N3/c1-9-14-12(13-8-10-5-6-10)11-4-2-3-7-15(9)11/h2-4,7,10,13H,5-6,8H2,1H3. The quantitative estimate of drug-likeness (QED) is 0.826. The molecule has 1 N–H and O–H groups in total. The molecular weight excluding hydrogens is 186 g/mol. The van der Waals surface area contributed by atoms with Gasteiger partial charge in [-0.15, -0.1) is 0 Å². The summed E-state index contributed by atoms with van der Waals surface area (Å²) in [4.78, 5) is 4.54. The average Bonchev–Trinajstić information content (AvgIpc) is 3.03. The molecule has 2 heterocycles. The Labute approximate surface area is 89.1 Å². The van der Waals surface area contributed by atoms with E-state index in [2.05, 4.69) is 33.0 Å². The molecule has 0 unspecified atom stereocenters. The number of rotatable bonds is 3. The molecule has 0 atom stereocenters. The van der Waals surface area contributed by atoms with Crippen LogP contribution in [0, 0.1) is 12.8 Å². The maximum atomic E-state index is 4.54. The lowest BCUT2D eigenvalue weighted by molar-refractivity contribution is 0.885. The van der Waals surface area contributed by atoms with Gasteiger partial charge in [-0.3, -0.25) is 0 Å². The maximum absolute atomic E-state index is 4.54. The zero-order valence-corrected chi connectivity index (χ0v) is 8.90. The Morgan fingerprint density at radius 2 is 2.33 bits per heavy atom. The molecule has 3 rings (SSSR count). The van der Waals surface area contributed by atoms with Crippen molar-refractivity contribution in [2.75, 3.05) is 11.9 Å². The molecule has 3 nitrogen and oxygen atoms in total. The summed E-state index contributed by atoms with van der Waals surface area (Å²) in [6, 6.07) is 6.19. The predicted octanol–water partition coefficient (Wildman–Crippen LogP) is 2.46. The minimum absolute atomic E-state index is 0.880. The summed E-state index contributed by atoms with van der Waals surface area (Å²) >= 11 is 0. The molecule has 0 spiro atoms. The van der Waals surface area contributed by atoms with Crippen molar-refractivity contribution in [3.8, 4) is 0 Å². The third kappa shape index (κ3) is 1.58. The van der Waals surface area contributed by atoms with Crippen molar-refractivity contribution in [2.45, 2.75) is 19.8 Å². The van der Waals surface area contributed by atoms with Crippen molar-refractivity contribution in [3.63, 3.8) is 0 Å². The molecule has 2 aromatic rings. The van der Waals surface area contributed by atoms with E-state index in [0.717, 1.165) is 24.1 Å². The SMILES string of the molecule is Cc1nc(NCC2CC2)c2ccccn12. The Morgan fingerprint density at radius 1 is 1.47 bits per heavy atom. The number of fused-ring (bicyclic) bond motifs is 1. The van der Waals surface area contributed by atoms with E-state index in [0.29, 0.717) is 0 Å². The Bertz CT molecular complexity index is 483. The van der Waals surface area contributed by atoms with E-state index in [4.69, 9.17) is 0 Å². The third-order valence-electron chi connectivity index (χ3n) is 2.98. The number of aromatic nitrogens is 2. The van der Waals surface area contributed by atoms with Gasteiger partial charge in [-0.1, -0.05) is 6.07 Å². The van der Waals surface area contributed by atoms with Crippen LogP contribution >= 0.6 is 0 Å². The van der Waals surface area contributed by atoms with Crippen LogP contribution in [-0.2, 0) is 0 Å². The summed E-state index contributed by atoms with van der Waals surface area (Å²) in [6.45, 7) is 3.11. The lowest BCUT2D eigenvalue weighted by Crippen LogP contribution is -2.03. The van der Waals surface area contributed by atoms with Crippen LogP contribution in [0.25, 0.3) is 5.52 Å². The summed E-state index contributed by atoms with van der Waals surface area (Å²) in [5.41, 5.74) is 1.18. The summed E-state index contributed by atoms with van der Waals surface area (Å²) in [7, 11) is 0. The van der Waals surface area contributed by atoms with Gasteiger partial charge < -0.3 is 9.72 Å². The van der Waals surface area contributed by atoms with Crippen molar-refractivity contribution in [1.82, 2.24) is 9.38 Å². The molecule has 3 heteroatoms. The first-order chi connectivity index (χ1) is 7.34. The van der Waals surface area contributed by atoms with Crippen LogP contribution in [0.1, 0.15) is 18.7 Å². The highest BCUT2D eigenvalue weighted by Gasteiger charge is 2.21. The van der Waals surface area contributed by atoms with Crippen LogP contribution < -0.4 is 5.32 Å². The van der Waals surface area contributed by atoms with E-state index >= 15 is 0 Å². The van der Waals surface area contributed by atoms with Crippen LogP contribution in [-0.4, -0.2) is 15.9 Å². The number of hydrogen-bond donors (Lipinski definition) is 1. The van der Waals surface area contributed by atoms with Crippen molar-refractivity contribution < 1.29 is 0 Å². The number of hydrogen-bond acceptors (Lipinski definition) is 2. The van der Waals surface area contributed by atoms with Crippen molar-refractivity contribution >= 4 is 11.3 Å². The molecule has 0 aliphatic heterocycles. The zero-order valence-electron chi connectivity index (χ0n) is 8.90. The second-order valence-corrected chi connectivity index (χ2v) is 4.29. The Hall–Kier alpha value is -1.51. The van der Waals surface area contributed by atoms with Crippen molar-refractivity contribution in [3.05, 3.63) is 30.2 Å². The fourth-order valence-electron chi connectivity index (χ4n) is 1.88. The topological polar surface area (TPSA) is 29.3 Å². The smallest absolute Gasteiger partial charge is 0.152 e. The fraction of sp³-hybridized carbons (Fsp3) is 0.417. The molecule has 2 aromatic heterocycles. The lowest BCUT2D eigenvalue weighted by atomic mass is 10.4. The molecule has 0 saturated heterocycles. The van der Waals surface area contributed by atoms with Gasteiger partial charge in [0.2, 0.25) is 0 Å². The first kappa shape index (κ1) is 8.77. The van der Waals surface area contributed by atoms with Crippen LogP contribution in [0.15, 0.2) is 24.4 Å². The van der Waals surface area contributed by atoms with Crippen LogP contribution in [0.5, 0.6) is 0 Å². The molecule has 15 heavy (non-hydrogen) atoms. The first-order valence-corrected chi connectivity index (χ1v) is 5.52. The molecule has 0 bridgehead atoms. The van der Waals surface area contributed by atoms with Gasteiger partial charge in [-0.05, 0) is 37.8 Å². The fourth-order valence-corrected chi connectivity index (χ4v) is 1.88. The average molecular weight is 201 g/mol. The molecular formula is C12H15N3. The highest BCUT2D eigenvalue weighted by molar-refractivity contribution is 5.68. The zero-order chi connectivity index (χ0) is 10.3. The Morgan fingerprint density at radius 3 is 3.13 bits per heavy atom. The number of pyridine rings is 1. The Balaban J connectivity index is 1.94. The van der Waals surface area contributed by atoms with Gasteiger partial charge in [0.15, 0.2) is 5.82 Å². The van der Waals surface area contributed by atoms with E-state index in [1.165, 1.54) is 18.4 Å². The summed E-state index contributed by atoms with van der Waals surface area (Å²) in [6.07, 6.45) is 4.80. The highest BCUT2D eigenvalue weighted by Crippen LogP contribution is 2.29. The van der Waals surface area contributed by atoms with Gasteiger partial charge in [0.25, 0.3) is 0 Å². The second kappa shape index (κ2) is 3.26. The summed E-state index contributed by atoms with van der Waals surface area (Å²) in [5.74, 6) is 2.95. The van der Waals surface area contributed by atoms with E-state index in [1.54, 1.807) is 0 Å². The number of nitrogens with zero attached hydrogens (tertiary/aromatic N) is 2. The minimum Gasteiger partial charge on any atom is -0.368 e. The van der Waals surface area contributed by atoms with Crippen LogP contribution in [0.4, 0.5) is 5.82 Å². The van der Waals surface area contributed by atoms with Gasteiger partial charge in [0.1, 0.15) is 5.82 Å². The molecule has 78 valence electrons. The maximum Gasteiger partial charge on any atom is 0.152 e. The van der Waals surface area contributed by atoms with E-state index in [9.17, 15) is 0 Å². The normalized spacial score (nSPS) is 15.8. The van der Waals surface area contributed by atoms with Crippen molar-refractivity contribution in [1.29, 1.82) is 0 Å². The first-order valence-electron chi connectivity index (χ1n) is 5.52. The van der Waals surface area contributed by atoms with Gasteiger partial charge in [-0.25, -0.2) is 4.98 Å². The summed E-state index contributed by atoms with van der Waals surface area (Å²) < 4.78 is 2.12. The summed E-state index contributed by atoms with van der Waals surface area (Å²) in [5, 5.41) is 3.44. The van der Waals surface area contributed by atoms with Gasteiger partial charge in [0, 0.05) is 12.7 Å².